The molecule has 0 radical (unpaired) electrons. The molecule has 4 N–H and O–H groups in total. The van der Waals surface area contributed by atoms with Crippen LogP contribution in [-0.2, 0) is 23.1 Å². The van der Waals surface area contributed by atoms with Crippen molar-refractivity contribution in [1.29, 1.82) is 0 Å². The van der Waals surface area contributed by atoms with Crippen LogP contribution in [0.1, 0.15) is 13.3 Å². The van der Waals surface area contributed by atoms with Crippen molar-refractivity contribution in [2.24, 2.45) is 18.5 Å². The predicted molar refractivity (Wildman–Crippen MR) is 169 cm³/mol. The molecule has 0 aliphatic heterocycles. The molecule has 4 heterocycles. The largest absolute Gasteiger partial charge is 0.386 e. The molecule has 0 saturated heterocycles. The second-order valence-electron chi connectivity index (χ2n) is 9.97. The Hall–Kier alpha value is -5.16. The summed E-state index contributed by atoms with van der Waals surface area (Å²) in [6.45, 7) is 5.36. The van der Waals surface area contributed by atoms with Gasteiger partial charge in [0.15, 0.2) is 0 Å². The van der Waals surface area contributed by atoms with Gasteiger partial charge in [-0.2, -0.15) is 0 Å². The smallest absolute Gasteiger partial charge is 0.346 e. The van der Waals surface area contributed by atoms with Crippen molar-refractivity contribution < 1.29 is 18.3 Å². The van der Waals surface area contributed by atoms with Crippen molar-refractivity contribution in [2.75, 3.05) is 39.5 Å². The van der Waals surface area contributed by atoms with E-state index in [4.69, 9.17) is 20.9 Å². The SMILES string of the molecule is CCCOCCn1c(=O)c2cc3c(=O)n(C)c(=O)c3cc2c1=O.NCCOCCN.O=c1oc(=O)c2cc3c(=O)oc(=O)c3cc12. The minimum Gasteiger partial charge on any atom is -0.386 e. The monoisotopic (exact) mass is 638 g/mol. The molecule has 16 heteroatoms. The van der Waals surface area contributed by atoms with Gasteiger partial charge in [0, 0.05) is 26.7 Å². The number of ether oxygens (including phenoxy) is 2. The van der Waals surface area contributed by atoms with Gasteiger partial charge >= 0.3 is 22.5 Å². The van der Waals surface area contributed by atoms with Gasteiger partial charge in [0.05, 0.1) is 69.5 Å². The summed E-state index contributed by atoms with van der Waals surface area (Å²) in [6, 6.07) is 4.99. The van der Waals surface area contributed by atoms with E-state index in [0.717, 1.165) is 27.7 Å². The fourth-order valence-corrected chi connectivity index (χ4v) is 4.68. The Morgan fingerprint density at radius 2 is 0.891 bits per heavy atom. The predicted octanol–water partition coefficient (Wildman–Crippen LogP) is -1.71. The highest BCUT2D eigenvalue weighted by atomic mass is 16.5. The van der Waals surface area contributed by atoms with Crippen LogP contribution in [0.25, 0.3) is 43.1 Å². The van der Waals surface area contributed by atoms with Crippen LogP contribution in [0.4, 0.5) is 0 Å². The Kier molecular flexibility index (Phi) is 10.5. The van der Waals surface area contributed by atoms with Gasteiger partial charge in [0.25, 0.3) is 22.2 Å². The molecule has 46 heavy (non-hydrogen) atoms. The first-order valence-corrected chi connectivity index (χ1v) is 14.1. The van der Waals surface area contributed by atoms with Crippen molar-refractivity contribution in [3.63, 3.8) is 0 Å². The quantitative estimate of drug-likeness (QED) is 0.168. The molecule has 6 rings (SSSR count). The van der Waals surface area contributed by atoms with Crippen LogP contribution < -0.4 is 56.2 Å². The summed E-state index contributed by atoms with van der Waals surface area (Å²) < 4.78 is 20.9. The lowest BCUT2D eigenvalue weighted by Gasteiger charge is -2.01. The summed E-state index contributed by atoms with van der Waals surface area (Å²) in [4.78, 5) is 93.5. The summed E-state index contributed by atoms with van der Waals surface area (Å²) >= 11 is 0. The highest BCUT2D eigenvalue weighted by molar-refractivity contribution is 5.98. The number of furan rings is 2. The van der Waals surface area contributed by atoms with Crippen LogP contribution in [0, 0.1) is 0 Å². The molecule has 0 unspecified atom stereocenters. The zero-order valence-electron chi connectivity index (χ0n) is 24.9. The third-order valence-corrected chi connectivity index (χ3v) is 6.92. The van der Waals surface area contributed by atoms with E-state index in [-0.39, 0.29) is 56.2 Å². The number of aromatic nitrogens is 2. The Bertz CT molecular complexity index is 2220. The third kappa shape index (κ3) is 6.45. The first kappa shape index (κ1) is 33.7. The number of nitrogens with zero attached hydrogens (tertiary/aromatic N) is 2. The lowest BCUT2D eigenvalue weighted by Crippen LogP contribution is -2.27. The van der Waals surface area contributed by atoms with Crippen molar-refractivity contribution >= 4 is 43.1 Å². The average molecular weight is 639 g/mol. The fourth-order valence-electron chi connectivity index (χ4n) is 4.68. The van der Waals surface area contributed by atoms with Crippen LogP contribution in [0.3, 0.4) is 0 Å². The Morgan fingerprint density at radius 1 is 0.543 bits per heavy atom. The van der Waals surface area contributed by atoms with E-state index in [1.165, 1.54) is 19.2 Å². The van der Waals surface area contributed by atoms with Crippen LogP contribution in [-0.4, -0.2) is 48.7 Å². The van der Waals surface area contributed by atoms with Gasteiger partial charge in [-0.25, -0.2) is 19.2 Å². The number of fused-ring (bicyclic) bond motifs is 4. The number of hydrogen-bond acceptors (Lipinski definition) is 14. The molecule has 0 aliphatic rings. The van der Waals surface area contributed by atoms with Gasteiger partial charge in [-0.3, -0.25) is 28.3 Å². The highest BCUT2D eigenvalue weighted by Crippen LogP contribution is 2.15. The molecule has 6 aromatic rings. The van der Waals surface area contributed by atoms with Gasteiger partial charge in [-0.15, -0.1) is 0 Å². The molecule has 0 fully saturated rings. The Labute approximate surface area is 256 Å². The van der Waals surface area contributed by atoms with E-state index in [0.29, 0.717) is 32.9 Å². The first-order valence-electron chi connectivity index (χ1n) is 14.1. The van der Waals surface area contributed by atoms with E-state index >= 15 is 0 Å². The summed E-state index contributed by atoms with van der Waals surface area (Å²) in [5, 5.41) is 0.598. The molecule has 0 spiro atoms. The van der Waals surface area contributed by atoms with Crippen molar-refractivity contribution in [1.82, 2.24) is 9.13 Å². The lowest BCUT2D eigenvalue weighted by molar-refractivity contribution is 0.126. The molecule has 0 amide bonds. The molecule has 2 aromatic carbocycles. The van der Waals surface area contributed by atoms with Gasteiger partial charge < -0.3 is 29.8 Å². The maximum Gasteiger partial charge on any atom is 0.346 e. The molecule has 0 atom stereocenters. The number of hydrogen-bond donors (Lipinski definition) is 2. The maximum absolute atomic E-state index is 12.4. The highest BCUT2D eigenvalue weighted by Gasteiger charge is 2.18. The van der Waals surface area contributed by atoms with E-state index in [1.807, 2.05) is 6.92 Å². The van der Waals surface area contributed by atoms with Crippen molar-refractivity contribution in [3.8, 4) is 0 Å². The molecule has 242 valence electrons. The molecule has 0 saturated carbocycles. The number of rotatable bonds is 9. The fraction of sp³-hybridized carbons (Fsp3) is 0.333. The standard InChI is InChI=1S/C16H16N2O5.C10H2O6.C4H12N2O/c1-3-5-23-6-4-18-15(21)11-7-9-10(8-12(11)16(18)22)14(20)17(2)13(9)19;11-7-3-1-4-6(10(14)16-8(4)12)2-5(3)9(13)15-7;5-1-3-7-4-2-6/h7-8H,3-6H2,1-2H3;1-2H;1-6H2. The Morgan fingerprint density at radius 3 is 1.26 bits per heavy atom. The second-order valence-corrected chi connectivity index (χ2v) is 9.97. The van der Waals surface area contributed by atoms with E-state index in [2.05, 4.69) is 8.83 Å². The van der Waals surface area contributed by atoms with Crippen LogP contribution >= 0.6 is 0 Å². The average Bonchev–Trinajstić information content (AvgIpc) is 3.65. The maximum atomic E-state index is 12.4. The zero-order chi connectivity index (χ0) is 33.7. The van der Waals surface area contributed by atoms with Crippen molar-refractivity contribution in [2.45, 2.75) is 19.9 Å². The summed E-state index contributed by atoms with van der Waals surface area (Å²) in [5.41, 5.74) is 5.08. The van der Waals surface area contributed by atoms with E-state index in [1.54, 1.807) is 0 Å². The normalized spacial score (nSPS) is 11.3. The zero-order valence-corrected chi connectivity index (χ0v) is 24.9. The number of nitrogens with two attached hydrogens (primary N) is 2. The van der Waals surface area contributed by atoms with Gasteiger partial charge in [0.2, 0.25) is 0 Å². The van der Waals surface area contributed by atoms with E-state index < -0.39 is 44.7 Å². The third-order valence-electron chi connectivity index (χ3n) is 6.92. The molecule has 4 aromatic heterocycles. The molecule has 0 bridgehead atoms. The summed E-state index contributed by atoms with van der Waals surface area (Å²) in [5.74, 6) is 0. The second kappa shape index (κ2) is 14.3. The molecular formula is C30H30N4O12. The Balaban J connectivity index is 0.000000180. The lowest BCUT2D eigenvalue weighted by atomic mass is 10.1. The topological polar surface area (TPSA) is 243 Å². The first-order chi connectivity index (χ1) is 22.0. The minimum absolute atomic E-state index is 0.0181. The molecule has 0 aliphatic carbocycles. The number of benzene rings is 2. The van der Waals surface area contributed by atoms with Crippen LogP contribution in [0.2, 0.25) is 0 Å². The van der Waals surface area contributed by atoms with Crippen LogP contribution in [0.15, 0.2) is 71.5 Å². The van der Waals surface area contributed by atoms with Gasteiger partial charge in [0.1, 0.15) is 0 Å². The van der Waals surface area contributed by atoms with Gasteiger partial charge in [-0.05, 0) is 30.7 Å². The minimum atomic E-state index is -0.824. The van der Waals surface area contributed by atoms with Crippen LogP contribution in [0.5, 0.6) is 0 Å². The van der Waals surface area contributed by atoms with E-state index in [9.17, 15) is 38.4 Å². The molecular weight excluding hydrogens is 608 g/mol. The summed E-state index contributed by atoms with van der Waals surface area (Å²) in [7, 11) is 1.37. The molecule has 16 nitrogen and oxygen atoms in total. The van der Waals surface area contributed by atoms with Crippen molar-refractivity contribution in [3.05, 3.63) is 107 Å². The summed E-state index contributed by atoms with van der Waals surface area (Å²) in [6.07, 6.45) is 0.854. The van der Waals surface area contributed by atoms with Gasteiger partial charge in [-0.1, -0.05) is 6.92 Å².